The van der Waals surface area contributed by atoms with Gasteiger partial charge in [-0.1, -0.05) is 25.0 Å². The lowest BCUT2D eigenvalue weighted by Gasteiger charge is -2.13. The Balaban J connectivity index is 2.03. The summed E-state index contributed by atoms with van der Waals surface area (Å²) in [4.78, 5) is 16.1. The molecule has 1 aromatic carbocycles. The molecule has 1 fully saturated rings. The lowest BCUT2D eigenvalue weighted by molar-refractivity contribution is 0.0697. The maximum Gasteiger partial charge on any atom is 0.335 e. The molecule has 0 bridgehead atoms. The van der Waals surface area contributed by atoms with Crippen molar-refractivity contribution in [3.8, 4) is 11.4 Å². The summed E-state index contributed by atoms with van der Waals surface area (Å²) in [5.74, 6) is -0.363. The highest BCUT2D eigenvalue weighted by Gasteiger charge is 2.27. The van der Waals surface area contributed by atoms with Crippen molar-refractivity contribution in [2.75, 3.05) is 0 Å². The smallest absolute Gasteiger partial charge is 0.335 e. The SMILES string of the molecule is Cc1cccc(-c2c(C3CCCC3)c3ccc(C(=O)O)cc3n2C)n1. The van der Waals surface area contributed by atoms with E-state index in [0.717, 1.165) is 28.0 Å². The van der Waals surface area contributed by atoms with Crippen molar-refractivity contribution in [2.45, 2.75) is 38.5 Å². The van der Waals surface area contributed by atoms with E-state index in [1.165, 1.54) is 31.2 Å². The molecule has 4 heteroatoms. The van der Waals surface area contributed by atoms with Crippen molar-refractivity contribution in [3.63, 3.8) is 0 Å². The third-order valence-electron chi connectivity index (χ3n) is 5.38. The number of rotatable bonds is 3. The molecule has 1 saturated carbocycles. The van der Waals surface area contributed by atoms with Crippen LogP contribution in [-0.2, 0) is 7.05 Å². The summed E-state index contributed by atoms with van der Waals surface area (Å²) in [7, 11) is 2.02. The molecule has 0 aliphatic heterocycles. The van der Waals surface area contributed by atoms with Gasteiger partial charge in [-0.05, 0) is 55.5 Å². The van der Waals surface area contributed by atoms with E-state index in [0.29, 0.717) is 11.5 Å². The number of aromatic carboxylic acids is 1. The molecule has 2 aromatic heterocycles. The van der Waals surface area contributed by atoms with E-state index in [1.54, 1.807) is 12.1 Å². The summed E-state index contributed by atoms with van der Waals surface area (Å²) >= 11 is 0. The van der Waals surface area contributed by atoms with Gasteiger partial charge in [0.1, 0.15) is 0 Å². The minimum absolute atomic E-state index is 0.329. The van der Waals surface area contributed by atoms with Crippen LogP contribution in [-0.4, -0.2) is 20.6 Å². The van der Waals surface area contributed by atoms with Gasteiger partial charge in [-0.2, -0.15) is 0 Å². The maximum atomic E-state index is 11.4. The molecule has 3 aromatic rings. The van der Waals surface area contributed by atoms with Crippen molar-refractivity contribution in [1.29, 1.82) is 0 Å². The van der Waals surface area contributed by atoms with Crippen molar-refractivity contribution in [3.05, 3.63) is 53.2 Å². The number of pyridine rings is 1. The lowest BCUT2D eigenvalue weighted by Crippen LogP contribution is -2.00. The van der Waals surface area contributed by atoms with Gasteiger partial charge in [-0.25, -0.2) is 4.79 Å². The fourth-order valence-corrected chi connectivity index (χ4v) is 4.21. The molecule has 2 heterocycles. The minimum Gasteiger partial charge on any atom is -0.478 e. The van der Waals surface area contributed by atoms with Crippen molar-refractivity contribution < 1.29 is 9.90 Å². The van der Waals surface area contributed by atoms with Crippen LogP contribution >= 0.6 is 0 Å². The molecule has 128 valence electrons. The number of carboxylic acid groups (broad SMARTS) is 1. The van der Waals surface area contributed by atoms with E-state index >= 15 is 0 Å². The van der Waals surface area contributed by atoms with E-state index in [1.807, 2.05) is 32.2 Å². The van der Waals surface area contributed by atoms with Crippen LogP contribution in [0.3, 0.4) is 0 Å². The summed E-state index contributed by atoms with van der Waals surface area (Å²) in [6.45, 7) is 2.00. The monoisotopic (exact) mass is 334 g/mol. The molecule has 0 spiro atoms. The molecule has 0 unspecified atom stereocenters. The van der Waals surface area contributed by atoms with Crippen molar-refractivity contribution in [2.24, 2.45) is 7.05 Å². The number of hydrogen-bond acceptors (Lipinski definition) is 2. The molecule has 4 rings (SSSR count). The summed E-state index contributed by atoms with van der Waals surface area (Å²) in [5.41, 5.74) is 5.73. The lowest BCUT2D eigenvalue weighted by atomic mass is 9.93. The third-order valence-corrected chi connectivity index (χ3v) is 5.38. The van der Waals surface area contributed by atoms with E-state index in [-0.39, 0.29) is 0 Å². The molecule has 0 saturated heterocycles. The predicted octanol–water partition coefficient (Wildman–Crippen LogP) is 4.90. The van der Waals surface area contributed by atoms with E-state index in [4.69, 9.17) is 4.98 Å². The average Bonchev–Trinajstić information content (AvgIpc) is 3.21. The Labute approximate surface area is 147 Å². The number of aromatic nitrogens is 2. The number of aryl methyl sites for hydroxylation is 2. The first-order chi connectivity index (χ1) is 12.1. The summed E-state index contributed by atoms with van der Waals surface area (Å²) in [6, 6.07) is 11.6. The second kappa shape index (κ2) is 6.03. The highest BCUT2D eigenvalue weighted by Crippen LogP contribution is 2.44. The largest absolute Gasteiger partial charge is 0.478 e. The van der Waals surface area contributed by atoms with Crippen LogP contribution in [0, 0.1) is 6.92 Å². The van der Waals surface area contributed by atoms with Crippen LogP contribution in [0.4, 0.5) is 0 Å². The van der Waals surface area contributed by atoms with Crippen LogP contribution in [0.1, 0.15) is 53.2 Å². The van der Waals surface area contributed by atoms with Crippen molar-refractivity contribution in [1.82, 2.24) is 9.55 Å². The van der Waals surface area contributed by atoms with Gasteiger partial charge in [0, 0.05) is 23.6 Å². The number of carbonyl (C=O) groups is 1. The van der Waals surface area contributed by atoms with Gasteiger partial charge in [-0.3, -0.25) is 4.98 Å². The number of fused-ring (bicyclic) bond motifs is 1. The molecular formula is C21H22N2O2. The van der Waals surface area contributed by atoms with Crippen LogP contribution in [0.5, 0.6) is 0 Å². The van der Waals surface area contributed by atoms with Crippen LogP contribution in [0.2, 0.25) is 0 Å². The summed E-state index contributed by atoms with van der Waals surface area (Å²) in [6.07, 6.45) is 4.90. The Morgan fingerprint density at radius 1 is 1.20 bits per heavy atom. The van der Waals surface area contributed by atoms with Crippen molar-refractivity contribution >= 4 is 16.9 Å². The predicted molar refractivity (Wildman–Crippen MR) is 99.1 cm³/mol. The zero-order valence-corrected chi connectivity index (χ0v) is 14.6. The minimum atomic E-state index is -0.888. The fourth-order valence-electron chi connectivity index (χ4n) is 4.21. The molecule has 0 atom stereocenters. The topological polar surface area (TPSA) is 55.1 Å². The molecule has 0 amide bonds. The van der Waals surface area contributed by atoms with Gasteiger partial charge in [0.05, 0.1) is 17.0 Å². The normalized spacial score (nSPS) is 15.1. The zero-order chi connectivity index (χ0) is 17.6. The molecule has 25 heavy (non-hydrogen) atoms. The average molecular weight is 334 g/mol. The standard InChI is InChI=1S/C21H22N2O2/c1-13-6-5-9-17(22-13)20-19(14-7-3-4-8-14)16-11-10-15(21(24)25)12-18(16)23(20)2/h5-6,9-12,14H,3-4,7-8H2,1-2H3,(H,24,25). The highest BCUT2D eigenvalue weighted by atomic mass is 16.4. The first-order valence-electron chi connectivity index (χ1n) is 8.86. The van der Waals surface area contributed by atoms with E-state index in [9.17, 15) is 9.90 Å². The zero-order valence-electron chi connectivity index (χ0n) is 14.6. The number of carboxylic acids is 1. The van der Waals surface area contributed by atoms with Crippen LogP contribution < -0.4 is 0 Å². The van der Waals surface area contributed by atoms with Gasteiger partial charge in [0.25, 0.3) is 0 Å². The van der Waals surface area contributed by atoms with Gasteiger partial charge < -0.3 is 9.67 Å². The Bertz CT molecular complexity index is 965. The second-order valence-corrected chi connectivity index (χ2v) is 7.00. The van der Waals surface area contributed by atoms with Crippen LogP contribution in [0.15, 0.2) is 36.4 Å². The number of hydrogen-bond donors (Lipinski definition) is 1. The first kappa shape index (κ1) is 15.9. The molecule has 1 N–H and O–H groups in total. The quantitative estimate of drug-likeness (QED) is 0.741. The molecule has 1 aliphatic rings. The molecule has 4 nitrogen and oxygen atoms in total. The second-order valence-electron chi connectivity index (χ2n) is 7.00. The Morgan fingerprint density at radius 3 is 2.64 bits per heavy atom. The van der Waals surface area contributed by atoms with Gasteiger partial charge in [-0.15, -0.1) is 0 Å². The van der Waals surface area contributed by atoms with E-state index < -0.39 is 5.97 Å². The molecular weight excluding hydrogens is 312 g/mol. The van der Waals surface area contributed by atoms with Gasteiger partial charge in [0.15, 0.2) is 0 Å². The number of nitrogens with zero attached hydrogens (tertiary/aromatic N) is 2. The van der Waals surface area contributed by atoms with E-state index in [2.05, 4.69) is 10.6 Å². The summed E-state index contributed by atoms with van der Waals surface area (Å²) in [5, 5.41) is 10.5. The highest BCUT2D eigenvalue weighted by molar-refractivity contribution is 5.97. The molecule has 0 radical (unpaired) electrons. The van der Waals surface area contributed by atoms with Gasteiger partial charge >= 0.3 is 5.97 Å². The number of benzene rings is 1. The van der Waals surface area contributed by atoms with Crippen LogP contribution in [0.25, 0.3) is 22.3 Å². The summed E-state index contributed by atoms with van der Waals surface area (Å²) < 4.78 is 2.12. The third kappa shape index (κ3) is 2.62. The maximum absolute atomic E-state index is 11.4. The fraction of sp³-hybridized carbons (Fsp3) is 0.333. The van der Waals surface area contributed by atoms with Gasteiger partial charge in [0.2, 0.25) is 0 Å². The molecule has 1 aliphatic carbocycles. The Morgan fingerprint density at radius 2 is 1.96 bits per heavy atom. The Kier molecular flexibility index (Phi) is 3.83. The Hall–Kier alpha value is -2.62. The first-order valence-corrected chi connectivity index (χ1v) is 8.86.